The Morgan fingerprint density at radius 1 is 1.16 bits per heavy atom. The Balaban J connectivity index is 1.81. The number of methoxy groups -OCH3 is 2. The van der Waals surface area contributed by atoms with Crippen LogP contribution in [-0.4, -0.2) is 37.3 Å². The number of carbonyl (C=O) groups excluding carboxylic acids is 1. The normalized spacial score (nSPS) is 17.0. The quantitative estimate of drug-likeness (QED) is 0.760. The van der Waals surface area contributed by atoms with Gasteiger partial charge in [0, 0.05) is 30.0 Å². The number of ether oxygens (including phenoxy) is 2. The van der Waals surface area contributed by atoms with Gasteiger partial charge in [-0.1, -0.05) is 30.3 Å². The van der Waals surface area contributed by atoms with Gasteiger partial charge in [0.2, 0.25) is 5.91 Å². The summed E-state index contributed by atoms with van der Waals surface area (Å²) in [5.74, 6) is 2.40. The summed E-state index contributed by atoms with van der Waals surface area (Å²) in [7, 11) is 3.27. The molecular weight excluding hydrogens is 334 g/mol. The maximum Gasteiger partial charge on any atom is 0.247 e. The van der Waals surface area contributed by atoms with E-state index in [1.807, 2.05) is 59.5 Å². The average molecular weight is 355 g/mol. The van der Waals surface area contributed by atoms with Crippen LogP contribution in [0.2, 0.25) is 0 Å². The molecule has 0 bridgehead atoms. The zero-order chi connectivity index (χ0) is 17.6. The molecule has 0 radical (unpaired) electrons. The summed E-state index contributed by atoms with van der Waals surface area (Å²) in [5.41, 5.74) is 2.01. The lowest BCUT2D eigenvalue weighted by Gasteiger charge is -2.24. The molecule has 1 heterocycles. The fourth-order valence-corrected chi connectivity index (χ4v) is 4.09. The van der Waals surface area contributed by atoms with E-state index >= 15 is 0 Å². The van der Waals surface area contributed by atoms with Crippen molar-refractivity contribution in [2.24, 2.45) is 0 Å². The molecule has 1 saturated heterocycles. The summed E-state index contributed by atoms with van der Waals surface area (Å²) in [5, 5.41) is -0.0474. The van der Waals surface area contributed by atoms with Crippen LogP contribution in [0.3, 0.4) is 0 Å². The predicted octanol–water partition coefficient (Wildman–Crippen LogP) is 3.99. The van der Waals surface area contributed by atoms with Gasteiger partial charge < -0.3 is 14.4 Å². The minimum absolute atomic E-state index is 0.0109. The average Bonchev–Trinajstić information content (AvgIpc) is 3.16. The Morgan fingerprint density at radius 2 is 1.96 bits per heavy atom. The van der Waals surface area contributed by atoms with Crippen molar-refractivity contribution < 1.29 is 14.3 Å². The van der Waals surface area contributed by atoms with Crippen molar-refractivity contribution in [1.29, 1.82) is 0 Å². The third-order valence-electron chi connectivity index (χ3n) is 4.10. The predicted molar refractivity (Wildman–Crippen MR) is 102 cm³/mol. The van der Waals surface area contributed by atoms with Crippen molar-refractivity contribution in [3.8, 4) is 11.5 Å². The minimum Gasteiger partial charge on any atom is -0.497 e. The van der Waals surface area contributed by atoms with Crippen molar-refractivity contribution in [2.45, 2.75) is 5.37 Å². The highest BCUT2D eigenvalue weighted by molar-refractivity contribution is 7.99. The highest BCUT2D eigenvalue weighted by atomic mass is 32.2. The lowest BCUT2D eigenvalue weighted by atomic mass is 10.1. The van der Waals surface area contributed by atoms with E-state index in [9.17, 15) is 4.79 Å². The van der Waals surface area contributed by atoms with Gasteiger partial charge in [0.25, 0.3) is 0 Å². The molecule has 3 rings (SSSR count). The smallest absolute Gasteiger partial charge is 0.247 e. The number of amides is 1. The zero-order valence-electron chi connectivity index (χ0n) is 14.3. The Kier molecular flexibility index (Phi) is 5.66. The third kappa shape index (κ3) is 3.99. The molecule has 1 atom stereocenters. The first-order valence-corrected chi connectivity index (χ1v) is 9.15. The monoisotopic (exact) mass is 355 g/mol. The minimum atomic E-state index is -0.0474. The Labute approximate surface area is 152 Å². The van der Waals surface area contributed by atoms with Crippen molar-refractivity contribution in [3.05, 3.63) is 65.7 Å². The fraction of sp³-hybridized carbons (Fsp3) is 0.250. The summed E-state index contributed by atoms with van der Waals surface area (Å²) < 4.78 is 10.8. The summed E-state index contributed by atoms with van der Waals surface area (Å²) in [6.07, 6.45) is 3.50. The molecule has 25 heavy (non-hydrogen) atoms. The SMILES string of the molecule is COc1ccc(C2SCCN2C(=O)/C=C/c2ccccc2)c(OC)c1. The van der Waals surface area contributed by atoms with E-state index in [2.05, 4.69) is 0 Å². The summed E-state index contributed by atoms with van der Waals surface area (Å²) in [4.78, 5) is 14.6. The van der Waals surface area contributed by atoms with Crippen molar-refractivity contribution in [3.63, 3.8) is 0 Å². The lowest BCUT2D eigenvalue weighted by molar-refractivity contribution is -0.126. The second-order valence-electron chi connectivity index (χ2n) is 5.61. The van der Waals surface area contributed by atoms with E-state index in [1.54, 1.807) is 32.1 Å². The number of hydrogen-bond acceptors (Lipinski definition) is 4. The van der Waals surface area contributed by atoms with E-state index in [-0.39, 0.29) is 11.3 Å². The van der Waals surface area contributed by atoms with Gasteiger partial charge in [0.1, 0.15) is 16.9 Å². The second kappa shape index (κ2) is 8.12. The van der Waals surface area contributed by atoms with Crippen LogP contribution in [0.15, 0.2) is 54.6 Å². The maximum atomic E-state index is 12.7. The van der Waals surface area contributed by atoms with Crippen molar-refractivity contribution >= 4 is 23.7 Å². The summed E-state index contributed by atoms with van der Waals surface area (Å²) in [6.45, 7) is 0.725. The molecule has 5 heteroatoms. The number of nitrogens with zero attached hydrogens (tertiary/aromatic N) is 1. The first-order valence-electron chi connectivity index (χ1n) is 8.10. The highest BCUT2D eigenvalue weighted by Gasteiger charge is 2.31. The van der Waals surface area contributed by atoms with Crippen LogP contribution in [0.5, 0.6) is 11.5 Å². The van der Waals surface area contributed by atoms with E-state index in [0.717, 1.165) is 34.9 Å². The van der Waals surface area contributed by atoms with Crippen molar-refractivity contribution in [1.82, 2.24) is 4.90 Å². The molecule has 1 unspecified atom stereocenters. The van der Waals surface area contributed by atoms with Crippen LogP contribution in [-0.2, 0) is 4.79 Å². The third-order valence-corrected chi connectivity index (χ3v) is 5.34. The molecule has 0 aromatic heterocycles. The molecule has 0 N–H and O–H groups in total. The summed E-state index contributed by atoms with van der Waals surface area (Å²) >= 11 is 1.75. The Hall–Kier alpha value is -2.40. The van der Waals surface area contributed by atoms with Gasteiger partial charge in [-0.2, -0.15) is 0 Å². The molecule has 2 aromatic carbocycles. The first-order chi connectivity index (χ1) is 12.2. The van der Waals surface area contributed by atoms with Crippen molar-refractivity contribution in [2.75, 3.05) is 26.5 Å². The lowest BCUT2D eigenvalue weighted by Crippen LogP contribution is -2.28. The van der Waals surface area contributed by atoms with Gasteiger partial charge in [-0.3, -0.25) is 4.79 Å². The van der Waals surface area contributed by atoms with Crippen LogP contribution < -0.4 is 9.47 Å². The number of thioether (sulfide) groups is 1. The van der Waals surface area contributed by atoms with Crippen LogP contribution >= 0.6 is 11.8 Å². The number of hydrogen-bond donors (Lipinski definition) is 0. The molecule has 1 amide bonds. The largest absolute Gasteiger partial charge is 0.497 e. The van der Waals surface area contributed by atoms with E-state index in [1.165, 1.54) is 0 Å². The van der Waals surface area contributed by atoms with Gasteiger partial charge in [-0.15, -0.1) is 11.8 Å². The summed E-state index contributed by atoms with van der Waals surface area (Å²) in [6, 6.07) is 15.6. The fourth-order valence-electron chi connectivity index (χ4n) is 2.80. The number of rotatable bonds is 5. The van der Waals surface area contributed by atoms with Gasteiger partial charge in [0.15, 0.2) is 0 Å². The maximum absolute atomic E-state index is 12.7. The first kappa shape index (κ1) is 17.4. The molecule has 0 spiro atoms. The molecule has 2 aromatic rings. The standard InChI is InChI=1S/C20H21NO3S/c1-23-16-9-10-17(18(14-16)24-2)20-21(12-13-25-20)19(22)11-8-15-6-4-3-5-7-15/h3-11,14,20H,12-13H2,1-2H3/b11-8+. The topological polar surface area (TPSA) is 38.8 Å². The molecule has 0 aliphatic carbocycles. The highest BCUT2D eigenvalue weighted by Crippen LogP contribution is 2.43. The second-order valence-corrected chi connectivity index (χ2v) is 6.79. The van der Waals surface area contributed by atoms with E-state index in [0.29, 0.717) is 0 Å². The van der Waals surface area contributed by atoms with Gasteiger partial charge in [-0.25, -0.2) is 0 Å². The van der Waals surface area contributed by atoms with Crippen LogP contribution in [0, 0.1) is 0 Å². The zero-order valence-corrected chi connectivity index (χ0v) is 15.2. The molecule has 130 valence electrons. The van der Waals surface area contributed by atoms with E-state index < -0.39 is 0 Å². The van der Waals surface area contributed by atoms with Crippen LogP contribution in [0.4, 0.5) is 0 Å². The Morgan fingerprint density at radius 3 is 2.68 bits per heavy atom. The number of carbonyl (C=O) groups is 1. The molecular formula is C20H21NO3S. The molecule has 1 aliphatic heterocycles. The Bertz CT molecular complexity index is 761. The van der Waals surface area contributed by atoms with Gasteiger partial charge in [-0.05, 0) is 23.8 Å². The molecule has 1 aliphatic rings. The van der Waals surface area contributed by atoms with E-state index in [4.69, 9.17) is 9.47 Å². The van der Waals surface area contributed by atoms with Crippen LogP contribution in [0.1, 0.15) is 16.5 Å². The van der Waals surface area contributed by atoms with Crippen LogP contribution in [0.25, 0.3) is 6.08 Å². The van der Waals surface area contributed by atoms with Gasteiger partial charge >= 0.3 is 0 Å². The number of benzene rings is 2. The molecule has 0 saturated carbocycles. The van der Waals surface area contributed by atoms with Gasteiger partial charge in [0.05, 0.1) is 14.2 Å². The molecule has 4 nitrogen and oxygen atoms in total. The molecule has 1 fully saturated rings.